The summed E-state index contributed by atoms with van der Waals surface area (Å²) in [4.78, 5) is 55.0. The molecule has 1 fully saturated rings. The molecule has 1 heterocycles. The molecule has 2 N–H and O–H groups in total. The second kappa shape index (κ2) is 15.8. The number of rotatable bonds is 12. The van der Waals surface area contributed by atoms with E-state index < -0.39 is 53.3 Å². The molecule has 3 atom stereocenters. The lowest BCUT2D eigenvalue weighted by Crippen LogP contribution is -2.58. The Morgan fingerprint density at radius 1 is 0.894 bits per heavy atom. The molecule has 1 saturated heterocycles. The third-order valence-electron chi connectivity index (χ3n) is 7.56. The summed E-state index contributed by atoms with van der Waals surface area (Å²) < 4.78 is 47.8. The van der Waals surface area contributed by atoms with Gasteiger partial charge >= 0.3 is 12.1 Å². The molecule has 0 spiro atoms. The fourth-order valence-corrected chi connectivity index (χ4v) is 5.27. The van der Waals surface area contributed by atoms with Gasteiger partial charge in [0.2, 0.25) is 6.23 Å². The molecule has 0 aromatic heterocycles. The van der Waals surface area contributed by atoms with Gasteiger partial charge in [-0.05, 0) is 49.2 Å². The molecule has 1 aliphatic heterocycles. The Labute approximate surface area is 270 Å². The zero-order chi connectivity index (χ0) is 34.1. The molecule has 250 valence electrons. The molecule has 13 nitrogen and oxygen atoms in total. The predicted molar refractivity (Wildman–Crippen MR) is 164 cm³/mol. The molecule has 3 aromatic rings. The van der Waals surface area contributed by atoms with Crippen molar-refractivity contribution in [3.63, 3.8) is 0 Å². The molecular formula is C33H35FN2O11. The normalized spacial score (nSPS) is 17.6. The van der Waals surface area contributed by atoms with Crippen molar-refractivity contribution >= 4 is 23.8 Å². The van der Waals surface area contributed by atoms with E-state index in [1.54, 1.807) is 24.3 Å². The van der Waals surface area contributed by atoms with Crippen LogP contribution in [0.25, 0.3) is 0 Å². The SMILES string of the molecule is COCOc1ccc(OC)c(F)c1C(=O)C1CCCN(C(=O)O)C(OC(=O)c2ccccc2)C1NC(=O)c1cc(OC)cc(OC)c1. The van der Waals surface area contributed by atoms with E-state index in [-0.39, 0.29) is 60.3 Å². The van der Waals surface area contributed by atoms with Gasteiger partial charge in [0.25, 0.3) is 5.91 Å². The number of carbonyl (C=O) groups excluding carboxylic acids is 3. The summed E-state index contributed by atoms with van der Waals surface area (Å²) >= 11 is 0. The lowest BCUT2D eigenvalue weighted by atomic mass is 9.85. The van der Waals surface area contributed by atoms with Crippen molar-refractivity contribution in [2.75, 3.05) is 41.8 Å². The second-order valence-electron chi connectivity index (χ2n) is 10.4. The minimum absolute atomic E-state index is 0.0309. The van der Waals surface area contributed by atoms with Gasteiger partial charge in [-0.15, -0.1) is 0 Å². The van der Waals surface area contributed by atoms with Crippen LogP contribution in [0.4, 0.5) is 9.18 Å². The van der Waals surface area contributed by atoms with Crippen molar-refractivity contribution in [1.29, 1.82) is 0 Å². The third-order valence-corrected chi connectivity index (χ3v) is 7.56. The van der Waals surface area contributed by atoms with E-state index in [4.69, 9.17) is 28.4 Å². The van der Waals surface area contributed by atoms with Crippen LogP contribution >= 0.6 is 0 Å². The van der Waals surface area contributed by atoms with E-state index in [1.165, 1.54) is 64.8 Å². The largest absolute Gasteiger partial charge is 0.497 e. The molecule has 0 bridgehead atoms. The first-order valence-electron chi connectivity index (χ1n) is 14.4. The summed E-state index contributed by atoms with van der Waals surface area (Å²) in [6.07, 6.45) is -3.12. The lowest BCUT2D eigenvalue weighted by Gasteiger charge is -2.35. The maximum atomic E-state index is 15.9. The highest BCUT2D eigenvalue weighted by atomic mass is 19.1. The van der Waals surface area contributed by atoms with Crippen molar-refractivity contribution in [2.45, 2.75) is 25.1 Å². The van der Waals surface area contributed by atoms with E-state index in [0.29, 0.717) is 0 Å². The number of Topliss-reactive ketones (excluding diaryl/α,β-unsaturated/α-hetero) is 1. The van der Waals surface area contributed by atoms with Gasteiger partial charge in [-0.1, -0.05) is 18.2 Å². The molecule has 3 unspecified atom stereocenters. The predicted octanol–water partition coefficient (Wildman–Crippen LogP) is 4.39. The van der Waals surface area contributed by atoms with Gasteiger partial charge in [0.1, 0.15) is 17.2 Å². The highest BCUT2D eigenvalue weighted by Crippen LogP contribution is 2.36. The van der Waals surface area contributed by atoms with Crippen LogP contribution in [0.1, 0.15) is 43.9 Å². The van der Waals surface area contributed by atoms with Gasteiger partial charge in [0.15, 0.2) is 24.1 Å². The van der Waals surface area contributed by atoms with Crippen LogP contribution in [0.2, 0.25) is 0 Å². The van der Waals surface area contributed by atoms with E-state index in [2.05, 4.69) is 5.32 Å². The van der Waals surface area contributed by atoms with E-state index in [9.17, 15) is 24.3 Å². The Morgan fingerprint density at radius 2 is 1.55 bits per heavy atom. The summed E-state index contributed by atoms with van der Waals surface area (Å²) in [5.41, 5.74) is -0.379. The van der Waals surface area contributed by atoms with Gasteiger partial charge in [-0.2, -0.15) is 0 Å². The number of ether oxygens (including phenoxy) is 6. The Bertz CT molecular complexity index is 1580. The Kier molecular flexibility index (Phi) is 11.6. The van der Waals surface area contributed by atoms with Gasteiger partial charge in [0.05, 0.1) is 38.5 Å². The maximum absolute atomic E-state index is 15.9. The van der Waals surface area contributed by atoms with Gasteiger partial charge in [-0.25, -0.2) is 14.0 Å². The van der Waals surface area contributed by atoms with Crippen LogP contribution in [0.3, 0.4) is 0 Å². The fraction of sp³-hybridized carbons (Fsp3) is 0.333. The van der Waals surface area contributed by atoms with Gasteiger partial charge in [0, 0.05) is 31.2 Å². The topological polar surface area (TPSA) is 159 Å². The van der Waals surface area contributed by atoms with Gasteiger partial charge < -0.3 is 38.8 Å². The first-order valence-corrected chi connectivity index (χ1v) is 14.4. The standard InChI is InChI=1S/C33H35FN2O11/c1-42-18-46-24-12-13-25(45-4)27(34)26(24)29(37)23-11-8-14-36(33(40)41)31(47-32(39)19-9-6-5-7-10-19)28(23)35-30(38)20-15-21(43-2)17-22(16-20)44-3/h5-7,9-10,12-13,15-17,23,28,31H,8,11,14,18H2,1-4H3,(H,35,38)(H,40,41). The summed E-state index contributed by atoms with van der Waals surface area (Å²) in [6, 6.07) is 13.2. The molecule has 3 aromatic carbocycles. The number of nitrogens with zero attached hydrogens (tertiary/aromatic N) is 1. The summed E-state index contributed by atoms with van der Waals surface area (Å²) in [6.45, 7) is -0.489. The monoisotopic (exact) mass is 654 g/mol. The Hall–Kier alpha value is -5.37. The molecule has 1 aliphatic rings. The van der Waals surface area contributed by atoms with Crippen LogP contribution in [-0.4, -0.2) is 87.8 Å². The van der Waals surface area contributed by atoms with Crippen LogP contribution < -0.4 is 24.3 Å². The number of benzene rings is 3. The maximum Gasteiger partial charge on any atom is 0.410 e. The molecule has 47 heavy (non-hydrogen) atoms. The van der Waals surface area contributed by atoms with Crippen LogP contribution in [0, 0.1) is 11.7 Å². The number of carboxylic acid groups (broad SMARTS) is 1. The minimum atomic E-state index is -1.72. The highest BCUT2D eigenvalue weighted by Gasteiger charge is 2.46. The smallest absolute Gasteiger partial charge is 0.410 e. The van der Waals surface area contributed by atoms with Crippen molar-refractivity contribution in [1.82, 2.24) is 10.2 Å². The second-order valence-corrected chi connectivity index (χ2v) is 10.4. The number of carbonyl (C=O) groups is 4. The Morgan fingerprint density at radius 3 is 2.15 bits per heavy atom. The number of hydrogen-bond donors (Lipinski definition) is 2. The summed E-state index contributed by atoms with van der Waals surface area (Å²) in [5.74, 6) is -4.77. The zero-order valence-electron chi connectivity index (χ0n) is 26.2. The first-order chi connectivity index (χ1) is 22.6. The number of likely N-dealkylation sites (tertiary alicyclic amines) is 1. The summed E-state index contributed by atoms with van der Waals surface area (Å²) in [7, 11) is 5.36. The summed E-state index contributed by atoms with van der Waals surface area (Å²) in [5, 5.41) is 12.9. The average molecular weight is 655 g/mol. The molecule has 0 aliphatic carbocycles. The number of esters is 1. The van der Waals surface area contributed by atoms with E-state index in [0.717, 1.165) is 4.90 Å². The van der Waals surface area contributed by atoms with Crippen LogP contribution in [-0.2, 0) is 9.47 Å². The van der Waals surface area contributed by atoms with Crippen molar-refractivity contribution in [3.8, 4) is 23.0 Å². The molecular weight excluding hydrogens is 619 g/mol. The van der Waals surface area contributed by atoms with E-state index >= 15 is 4.39 Å². The Balaban J connectivity index is 1.86. The van der Waals surface area contributed by atoms with Gasteiger partial charge in [-0.3, -0.25) is 14.5 Å². The highest BCUT2D eigenvalue weighted by molar-refractivity contribution is 6.02. The first kappa shape index (κ1) is 34.5. The van der Waals surface area contributed by atoms with Crippen molar-refractivity contribution < 1.29 is 57.1 Å². The fourth-order valence-electron chi connectivity index (χ4n) is 5.27. The number of nitrogens with one attached hydrogen (secondary N) is 1. The molecule has 2 amide bonds. The number of methoxy groups -OCH3 is 4. The number of hydrogen-bond acceptors (Lipinski definition) is 10. The van der Waals surface area contributed by atoms with Crippen LogP contribution in [0.5, 0.6) is 23.0 Å². The average Bonchev–Trinajstić information content (AvgIpc) is 3.26. The number of ketones is 1. The lowest BCUT2D eigenvalue weighted by molar-refractivity contribution is -0.0416. The van der Waals surface area contributed by atoms with Crippen molar-refractivity contribution in [3.05, 3.63) is 83.2 Å². The van der Waals surface area contributed by atoms with E-state index in [1.807, 2.05) is 0 Å². The third kappa shape index (κ3) is 7.90. The minimum Gasteiger partial charge on any atom is -0.497 e. The molecule has 4 rings (SSSR count). The molecule has 0 saturated carbocycles. The zero-order valence-corrected chi connectivity index (χ0v) is 26.2. The number of amides is 2. The molecule has 0 radical (unpaired) electrons. The van der Waals surface area contributed by atoms with Crippen molar-refractivity contribution in [2.24, 2.45) is 5.92 Å². The number of halogens is 1. The quantitative estimate of drug-likeness (QED) is 0.162. The molecule has 14 heteroatoms. The van der Waals surface area contributed by atoms with Crippen LogP contribution in [0.15, 0.2) is 60.7 Å².